The monoisotopic (exact) mass is 372 g/mol. The predicted molar refractivity (Wildman–Crippen MR) is 94.9 cm³/mol. The highest BCUT2D eigenvalue weighted by molar-refractivity contribution is 7.62. The lowest BCUT2D eigenvalue weighted by Crippen LogP contribution is -2.34. The van der Waals surface area contributed by atoms with Gasteiger partial charge in [-0.1, -0.05) is 43.4 Å². The number of benzene rings is 1. The molecule has 3 rings (SSSR count). The summed E-state index contributed by atoms with van der Waals surface area (Å²) in [7, 11) is -3.78. The number of rotatable bonds is 5. The molecule has 6 heteroatoms. The summed E-state index contributed by atoms with van der Waals surface area (Å²) >= 11 is 0. The molecule has 0 saturated heterocycles. The van der Waals surface area contributed by atoms with Gasteiger partial charge in [-0.2, -0.15) is 0 Å². The molecule has 0 bridgehead atoms. The van der Waals surface area contributed by atoms with Crippen LogP contribution in [-0.4, -0.2) is 24.6 Å². The smallest absolute Gasteiger partial charge is 0.299 e. The lowest BCUT2D eigenvalue weighted by Gasteiger charge is -2.33. The molecule has 2 aliphatic rings. The van der Waals surface area contributed by atoms with Crippen molar-refractivity contribution >= 4 is 12.9 Å². The summed E-state index contributed by atoms with van der Waals surface area (Å²) in [6, 6.07) is 7.00. The molecule has 25 heavy (non-hydrogen) atoms. The summed E-state index contributed by atoms with van der Waals surface area (Å²) in [6.45, 7) is 1.92. The maximum Gasteiger partial charge on any atom is 0.362 e. The van der Waals surface area contributed by atoms with E-state index in [9.17, 15) is 13.3 Å². The minimum Gasteiger partial charge on any atom is -0.299 e. The number of alkyl halides is 2. The Hall–Kier alpha value is -0.770. The number of hydrogen-bond acceptors (Lipinski definition) is 3. The molecule has 0 radical (unpaired) electrons. The summed E-state index contributed by atoms with van der Waals surface area (Å²) in [5, 5.41) is 0.383. The first-order valence-corrected chi connectivity index (χ1v) is 10.8. The highest BCUT2D eigenvalue weighted by atomic mass is 31.2. The third kappa shape index (κ3) is 4.69. The fourth-order valence-corrected chi connectivity index (χ4v) is 5.57. The van der Waals surface area contributed by atoms with E-state index in [1.807, 2.05) is 19.1 Å². The van der Waals surface area contributed by atoms with Gasteiger partial charge < -0.3 is 0 Å². The second-order valence-electron chi connectivity index (χ2n) is 7.22. The Morgan fingerprint density at radius 2 is 1.28 bits per heavy atom. The molecule has 2 aliphatic carbocycles. The van der Waals surface area contributed by atoms with Gasteiger partial charge in [0.2, 0.25) is 0 Å². The van der Waals surface area contributed by atoms with Gasteiger partial charge in [0, 0.05) is 0 Å². The summed E-state index contributed by atoms with van der Waals surface area (Å²) in [5.41, 5.74) is 1.01. The van der Waals surface area contributed by atoms with Crippen LogP contribution in [0.5, 0.6) is 0 Å². The highest BCUT2D eigenvalue weighted by Crippen LogP contribution is 2.53. The van der Waals surface area contributed by atoms with Crippen LogP contribution in [0.2, 0.25) is 0 Å². The average molecular weight is 372 g/mol. The van der Waals surface area contributed by atoms with Crippen LogP contribution in [0, 0.1) is 6.92 Å². The lowest BCUT2D eigenvalue weighted by molar-refractivity contribution is 0.0156. The van der Waals surface area contributed by atoms with Gasteiger partial charge in [0.05, 0.1) is 17.5 Å². The first-order valence-electron chi connectivity index (χ1n) is 9.30. The molecule has 0 spiro atoms. The molecule has 4 atom stereocenters. The van der Waals surface area contributed by atoms with Crippen LogP contribution in [0.25, 0.3) is 0 Å². The van der Waals surface area contributed by atoms with E-state index in [1.165, 1.54) is 0 Å². The zero-order valence-corrected chi connectivity index (χ0v) is 15.6. The highest BCUT2D eigenvalue weighted by Gasteiger charge is 2.40. The van der Waals surface area contributed by atoms with E-state index in [-0.39, 0.29) is 0 Å². The third-order valence-corrected chi connectivity index (χ3v) is 7.17. The second-order valence-corrected chi connectivity index (χ2v) is 9.15. The fraction of sp³-hybridized carbons (Fsp3) is 0.684. The molecule has 0 amide bonds. The van der Waals surface area contributed by atoms with Crippen LogP contribution in [-0.2, 0) is 13.6 Å². The molecular weight excluding hydrogens is 345 g/mol. The first kappa shape index (κ1) is 19.0. The van der Waals surface area contributed by atoms with Gasteiger partial charge in [-0.05, 0) is 44.7 Å². The Morgan fingerprint density at radius 3 is 1.72 bits per heavy atom. The third-order valence-electron chi connectivity index (χ3n) is 5.14. The van der Waals surface area contributed by atoms with Crippen LogP contribution in [0.15, 0.2) is 24.3 Å². The number of aryl methyl sites for hydroxylation is 1. The molecular formula is C19H27F2O3P. The number of hydrogen-bond donors (Lipinski definition) is 0. The van der Waals surface area contributed by atoms with Crippen molar-refractivity contribution in [3.63, 3.8) is 0 Å². The van der Waals surface area contributed by atoms with Gasteiger partial charge in [0.15, 0.2) is 0 Å². The van der Waals surface area contributed by atoms with E-state index in [4.69, 9.17) is 9.05 Å². The molecule has 2 fully saturated rings. The van der Waals surface area contributed by atoms with Crippen LogP contribution in [0.1, 0.15) is 56.9 Å². The molecule has 1 aromatic carbocycles. The van der Waals surface area contributed by atoms with Crippen LogP contribution in [0.4, 0.5) is 8.78 Å². The standard InChI is InChI=1S/C19H27F2O3P/c1-14-10-12-15(13-11-14)25(22,23-18-8-4-2-6-16(18)20)24-19-9-5-3-7-17(19)21/h10-13,16-19H,2-9H2,1H3. The van der Waals surface area contributed by atoms with Gasteiger partial charge in [0.25, 0.3) is 0 Å². The van der Waals surface area contributed by atoms with E-state index >= 15 is 0 Å². The molecule has 3 nitrogen and oxygen atoms in total. The van der Waals surface area contributed by atoms with Crippen molar-refractivity contribution in [2.24, 2.45) is 0 Å². The van der Waals surface area contributed by atoms with Crippen LogP contribution >= 0.6 is 7.60 Å². The molecule has 0 N–H and O–H groups in total. The Bertz CT molecular complexity index is 579. The SMILES string of the molecule is Cc1ccc(P(=O)(OC2CCCCC2F)OC2CCCCC2F)cc1. The average Bonchev–Trinajstić information content (AvgIpc) is 2.60. The fourth-order valence-electron chi connectivity index (χ4n) is 3.57. The van der Waals surface area contributed by atoms with Crippen LogP contribution in [0.3, 0.4) is 0 Å². The van der Waals surface area contributed by atoms with E-state index in [2.05, 4.69) is 0 Å². The molecule has 4 unspecified atom stereocenters. The van der Waals surface area contributed by atoms with Crippen molar-refractivity contribution < 1.29 is 22.4 Å². The maximum atomic E-state index is 14.2. The van der Waals surface area contributed by atoms with E-state index in [1.54, 1.807) is 12.1 Å². The topological polar surface area (TPSA) is 35.5 Å². The van der Waals surface area contributed by atoms with Crippen molar-refractivity contribution in [2.45, 2.75) is 82.8 Å². The Balaban J connectivity index is 1.84. The van der Waals surface area contributed by atoms with Gasteiger partial charge in [-0.3, -0.25) is 13.6 Å². The Kier molecular flexibility index (Phi) is 6.30. The maximum absolute atomic E-state index is 14.2. The minimum atomic E-state index is -3.78. The molecule has 1 aromatic rings. The summed E-state index contributed by atoms with van der Waals surface area (Å²) < 4.78 is 53.6. The normalized spacial score (nSPS) is 32.9. The Morgan fingerprint density at radius 1 is 0.840 bits per heavy atom. The number of halogens is 2. The van der Waals surface area contributed by atoms with Crippen molar-refractivity contribution in [1.82, 2.24) is 0 Å². The van der Waals surface area contributed by atoms with E-state index in [0.29, 0.717) is 31.0 Å². The lowest BCUT2D eigenvalue weighted by atomic mass is 9.96. The van der Waals surface area contributed by atoms with Gasteiger partial charge >= 0.3 is 7.60 Å². The zero-order valence-electron chi connectivity index (χ0n) is 14.7. The zero-order chi connectivity index (χ0) is 17.9. The van der Waals surface area contributed by atoms with Crippen LogP contribution < -0.4 is 5.30 Å². The predicted octanol–water partition coefficient (Wildman–Crippen LogP) is 5.41. The summed E-state index contributed by atoms with van der Waals surface area (Å²) in [6.07, 6.45) is 1.37. The van der Waals surface area contributed by atoms with Crippen molar-refractivity contribution in [1.29, 1.82) is 0 Å². The van der Waals surface area contributed by atoms with Gasteiger partial charge in [-0.25, -0.2) is 8.78 Å². The van der Waals surface area contributed by atoms with Gasteiger partial charge in [-0.15, -0.1) is 0 Å². The molecule has 2 saturated carbocycles. The summed E-state index contributed by atoms with van der Waals surface area (Å²) in [4.78, 5) is 0. The van der Waals surface area contributed by atoms with E-state index in [0.717, 1.165) is 31.2 Å². The van der Waals surface area contributed by atoms with Crippen molar-refractivity contribution in [2.75, 3.05) is 0 Å². The first-order chi connectivity index (χ1) is 12.0. The quantitative estimate of drug-likeness (QED) is 0.649. The minimum absolute atomic E-state index is 0.383. The van der Waals surface area contributed by atoms with Crippen molar-refractivity contribution in [3.8, 4) is 0 Å². The summed E-state index contributed by atoms with van der Waals surface area (Å²) in [5.74, 6) is 0. The molecule has 0 heterocycles. The largest absolute Gasteiger partial charge is 0.362 e. The molecule has 140 valence electrons. The van der Waals surface area contributed by atoms with Crippen molar-refractivity contribution in [3.05, 3.63) is 29.8 Å². The molecule has 0 aromatic heterocycles. The Labute approximate surface area is 148 Å². The van der Waals surface area contributed by atoms with Gasteiger partial charge in [0.1, 0.15) is 12.3 Å². The molecule has 0 aliphatic heterocycles. The second kappa shape index (κ2) is 8.28. The van der Waals surface area contributed by atoms with E-state index < -0.39 is 32.1 Å².